The predicted octanol–water partition coefficient (Wildman–Crippen LogP) is 2.06. The fraction of sp³-hybridized carbons (Fsp3) is 0.263. The maximum Gasteiger partial charge on any atom is 0.338 e. The second kappa shape index (κ2) is 10.4. The third-order valence-electron chi connectivity index (χ3n) is 3.84. The van der Waals surface area contributed by atoms with Crippen LogP contribution in [0, 0.1) is 0 Å². The van der Waals surface area contributed by atoms with Crippen molar-refractivity contribution in [3.8, 4) is 17.2 Å². The molecule has 0 saturated carbocycles. The zero-order chi connectivity index (χ0) is 20.0. The van der Waals surface area contributed by atoms with Gasteiger partial charge in [-0.3, -0.25) is 4.79 Å². The second-order valence-electron chi connectivity index (χ2n) is 6.09. The number of ether oxygens (including phenoxy) is 1. The number of carbonyl (C=O) groups excluding carboxylic acids is 1. The summed E-state index contributed by atoms with van der Waals surface area (Å²) in [5.74, 6) is -2.26. The minimum absolute atomic E-state index is 0. The van der Waals surface area contributed by atoms with Gasteiger partial charge >= 0.3 is 11.9 Å². The quantitative estimate of drug-likeness (QED) is 0.329. The molecule has 0 aliphatic heterocycles. The van der Waals surface area contributed by atoms with Gasteiger partial charge < -0.3 is 30.5 Å². The molecule has 2 aromatic carbocycles. The van der Waals surface area contributed by atoms with Crippen molar-refractivity contribution in [3.63, 3.8) is 0 Å². The smallest absolute Gasteiger partial charge is 0.338 e. The summed E-state index contributed by atoms with van der Waals surface area (Å²) in [6.07, 6.45) is -0.525. The van der Waals surface area contributed by atoms with Gasteiger partial charge in [0.05, 0.1) is 5.56 Å². The van der Waals surface area contributed by atoms with Crippen molar-refractivity contribution in [1.82, 2.24) is 5.32 Å². The summed E-state index contributed by atoms with van der Waals surface area (Å²) < 4.78 is 5.24. The van der Waals surface area contributed by atoms with E-state index < -0.39 is 24.1 Å². The summed E-state index contributed by atoms with van der Waals surface area (Å²) in [6.45, 7) is 1.72. The molecule has 0 amide bonds. The number of phenols is 3. The topological polar surface area (TPSA) is 136 Å². The van der Waals surface area contributed by atoms with E-state index in [0.29, 0.717) is 5.56 Å². The molecule has 0 heterocycles. The Balaban J connectivity index is 0.00000392. The summed E-state index contributed by atoms with van der Waals surface area (Å²) in [5.41, 5.74) is 0.799. The molecule has 0 aromatic heterocycles. The highest BCUT2D eigenvalue weighted by molar-refractivity contribution is 5.89. The number of hydrogen-bond acceptors (Lipinski definition) is 7. The van der Waals surface area contributed by atoms with Crippen LogP contribution >= 0.6 is 12.4 Å². The van der Waals surface area contributed by atoms with E-state index in [1.165, 1.54) is 42.5 Å². The highest BCUT2D eigenvalue weighted by Crippen LogP contribution is 2.25. The fourth-order valence-corrected chi connectivity index (χ4v) is 2.38. The van der Waals surface area contributed by atoms with Crippen LogP contribution in [0.1, 0.15) is 22.8 Å². The number of phenolic OH excluding ortho intramolecular Hbond substituents is 3. The Morgan fingerprint density at radius 3 is 2.25 bits per heavy atom. The number of benzene rings is 2. The van der Waals surface area contributed by atoms with Gasteiger partial charge in [-0.2, -0.15) is 0 Å². The highest BCUT2D eigenvalue weighted by atomic mass is 35.5. The van der Waals surface area contributed by atoms with Crippen molar-refractivity contribution in [2.75, 3.05) is 6.54 Å². The van der Waals surface area contributed by atoms with E-state index in [0.717, 1.165) is 0 Å². The standard InChI is InChI=1S/C19H21NO7.ClH/c1-11(27-19(26)13-3-5-14(21)6-4-13)10-20-15(18(24)25)8-12-2-7-16(22)17(23)9-12;/h2-7,9,11,15,20-23H,8,10H2,1H3,(H,24,25);1H/t11?,15-;/m0./s1. The number of hydrogen-bond donors (Lipinski definition) is 5. The molecule has 152 valence electrons. The van der Waals surface area contributed by atoms with Crippen molar-refractivity contribution < 1.29 is 34.8 Å². The molecule has 8 nitrogen and oxygen atoms in total. The lowest BCUT2D eigenvalue weighted by molar-refractivity contribution is -0.139. The lowest BCUT2D eigenvalue weighted by Gasteiger charge is -2.19. The molecule has 0 spiro atoms. The van der Waals surface area contributed by atoms with E-state index in [-0.39, 0.29) is 48.2 Å². The number of aromatic hydroxyl groups is 3. The fourth-order valence-electron chi connectivity index (χ4n) is 2.38. The van der Waals surface area contributed by atoms with Gasteiger partial charge in [0.15, 0.2) is 11.5 Å². The number of halogens is 1. The van der Waals surface area contributed by atoms with Crippen LogP contribution in [0.5, 0.6) is 17.2 Å². The largest absolute Gasteiger partial charge is 0.508 e. The normalized spacial score (nSPS) is 12.5. The lowest BCUT2D eigenvalue weighted by Crippen LogP contribution is -2.42. The Labute approximate surface area is 167 Å². The molecule has 0 aliphatic rings. The van der Waals surface area contributed by atoms with E-state index in [9.17, 15) is 30.0 Å². The molecule has 0 fully saturated rings. The summed E-state index contributed by atoms with van der Waals surface area (Å²) in [5, 5.41) is 40.2. The molecule has 9 heteroatoms. The van der Waals surface area contributed by atoms with Crippen LogP contribution in [0.15, 0.2) is 42.5 Å². The molecular formula is C19H22ClNO7. The molecule has 0 saturated heterocycles. The third kappa shape index (κ3) is 6.64. The van der Waals surface area contributed by atoms with Crippen molar-refractivity contribution in [2.24, 2.45) is 0 Å². The van der Waals surface area contributed by atoms with Crippen molar-refractivity contribution in [2.45, 2.75) is 25.5 Å². The Bertz CT molecular complexity index is 810. The van der Waals surface area contributed by atoms with Crippen LogP contribution in [0.4, 0.5) is 0 Å². The zero-order valence-corrected chi connectivity index (χ0v) is 15.8. The van der Waals surface area contributed by atoms with E-state index in [1.54, 1.807) is 6.92 Å². The molecule has 2 rings (SSSR count). The van der Waals surface area contributed by atoms with Gasteiger partial charge in [0, 0.05) is 6.54 Å². The molecule has 0 radical (unpaired) electrons. The van der Waals surface area contributed by atoms with Crippen LogP contribution in [-0.4, -0.2) is 51.1 Å². The summed E-state index contributed by atoms with van der Waals surface area (Å²) in [4.78, 5) is 23.4. The molecule has 1 unspecified atom stereocenters. The first-order chi connectivity index (χ1) is 12.8. The van der Waals surface area contributed by atoms with Gasteiger partial charge in [0.1, 0.15) is 17.9 Å². The Hall–Kier alpha value is -2.97. The highest BCUT2D eigenvalue weighted by Gasteiger charge is 2.20. The monoisotopic (exact) mass is 411 g/mol. The van der Waals surface area contributed by atoms with Crippen LogP contribution in [-0.2, 0) is 16.0 Å². The maximum absolute atomic E-state index is 12.0. The van der Waals surface area contributed by atoms with Crippen molar-refractivity contribution in [3.05, 3.63) is 53.6 Å². The number of aliphatic carboxylic acids is 1. The van der Waals surface area contributed by atoms with Gasteiger partial charge in [-0.25, -0.2) is 4.79 Å². The average Bonchev–Trinajstić information content (AvgIpc) is 2.61. The van der Waals surface area contributed by atoms with E-state index in [4.69, 9.17) is 4.74 Å². The van der Waals surface area contributed by atoms with Gasteiger partial charge in [-0.1, -0.05) is 6.07 Å². The third-order valence-corrected chi connectivity index (χ3v) is 3.84. The number of carboxylic acids is 1. The summed E-state index contributed by atoms with van der Waals surface area (Å²) in [7, 11) is 0. The minimum atomic E-state index is -1.10. The van der Waals surface area contributed by atoms with Gasteiger partial charge in [0.2, 0.25) is 0 Å². The van der Waals surface area contributed by atoms with Crippen LogP contribution in [0.3, 0.4) is 0 Å². The van der Waals surface area contributed by atoms with Crippen LogP contribution in [0.25, 0.3) is 0 Å². The van der Waals surface area contributed by atoms with Gasteiger partial charge in [-0.15, -0.1) is 12.4 Å². The van der Waals surface area contributed by atoms with E-state index in [2.05, 4.69) is 5.32 Å². The van der Waals surface area contributed by atoms with Crippen molar-refractivity contribution >= 4 is 24.3 Å². The van der Waals surface area contributed by atoms with Crippen LogP contribution in [0.2, 0.25) is 0 Å². The van der Waals surface area contributed by atoms with Gasteiger partial charge in [0.25, 0.3) is 0 Å². The van der Waals surface area contributed by atoms with Gasteiger partial charge in [-0.05, 0) is 55.3 Å². The Morgan fingerprint density at radius 2 is 1.68 bits per heavy atom. The SMILES string of the molecule is CC(CN[C@@H](Cc1ccc(O)c(O)c1)C(=O)O)OC(=O)c1ccc(O)cc1.Cl. The number of carboxylic acid groups (broad SMARTS) is 1. The molecular weight excluding hydrogens is 390 g/mol. The number of nitrogens with one attached hydrogen (secondary N) is 1. The molecule has 0 aliphatic carbocycles. The Kier molecular flexibility index (Phi) is 8.56. The molecule has 28 heavy (non-hydrogen) atoms. The molecule has 2 atom stereocenters. The first-order valence-electron chi connectivity index (χ1n) is 8.23. The summed E-state index contributed by atoms with van der Waals surface area (Å²) >= 11 is 0. The molecule has 0 bridgehead atoms. The molecule has 5 N–H and O–H groups in total. The first-order valence-corrected chi connectivity index (χ1v) is 8.23. The Morgan fingerprint density at radius 1 is 1.04 bits per heavy atom. The molecule has 2 aromatic rings. The number of esters is 1. The van der Waals surface area contributed by atoms with Crippen LogP contribution < -0.4 is 5.32 Å². The van der Waals surface area contributed by atoms with Crippen molar-refractivity contribution in [1.29, 1.82) is 0 Å². The summed E-state index contributed by atoms with van der Waals surface area (Å²) in [6, 6.07) is 8.71. The predicted molar refractivity (Wildman–Crippen MR) is 103 cm³/mol. The zero-order valence-electron chi connectivity index (χ0n) is 15.0. The van der Waals surface area contributed by atoms with E-state index in [1.807, 2.05) is 0 Å². The maximum atomic E-state index is 12.0. The van der Waals surface area contributed by atoms with E-state index >= 15 is 0 Å². The number of rotatable bonds is 8. The minimum Gasteiger partial charge on any atom is -0.508 e. The number of carbonyl (C=O) groups is 2. The second-order valence-corrected chi connectivity index (χ2v) is 6.09. The average molecular weight is 412 g/mol. The first kappa shape index (κ1) is 23.1. The lowest BCUT2D eigenvalue weighted by atomic mass is 10.1.